The number of nitrogens with one attached hydrogen (secondary N) is 1. The van der Waals surface area contributed by atoms with E-state index >= 15 is 0 Å². The van der Waals surface area contributed by atoms with Crippen LogP contribution in [-0.4, -0.2) is 52.2 Å². The van der Waals surface area contributed by atoms with Gasteiger partial charge in [-0.1, -0.05) is 0 Å². The van der Waals surface area contributed by atoms with Crippen LogP contribution >= 0.6 is 0 Å². The molecule has 0 saturated carbocycles. The molecule has 0 bridgehead atoms. The van der Waals surface area contributed by atoms with Crippen LogP contribution in [0, 0.1) is 0 Å². The number of hydrogen-bond acceptors (Lipinski definition) is 7. The fourth-order valence-electron chi connectivity index (χ4n) is 2.15. The summed E-state index contributed by atoms with van der Waals surface area (Å²) in [6, 6.07) is 0. The molecule has 2 aromatic heterocycles. The minimum Gasteiger partial charge on any atom is -0.357 e. The number of imidazole rings is 1. The second-order valence-electron chi connectivity index (χ2n) is 4.86. The average Bonchev–Trinajstić information content (AvgIpc) is 2.94. The highest BCUT2D eigenvalue weighted by Crippen LogP contribution is 2.19. The Morgan fingerprint density at radius 3 is 2.80 bits per heavy atom. The number of aromatic nitrogens is 5. The van der Waals surface area contributed by atoms with Gasteiger partial charge in [0.05, 0.1) is 6.54 Å². The molecule has 3 heterocycles. The molecule has 0 fully saturated rings. The zero-order valence-electron chi connectivity index (χ0n) is 11.9. The summed E-state index contributed by atoms with van der Waals surface area (Å²) in [7, 11) is 5.64. The van der Waals surface area contributed by atoms with Crippen molar-refractivity contribution in [3.63, 3.8) is 0 Å². The summed E-state index contributed by atoms with van der Waals surface area (Å²) in [5.74, 6) is 2.94. The summed E-state index contributed by atoms with van der Waals surface area (Å²) in [6.45, 7) is 2.48. The number of rotatable bonds is 3. The normalized spacial score (nSPS) is 14.1. The van der Waals surface area contributed by atoms with E-state index in [0.29, 0.717) is 24.4 Å². The van der Waals surface area contributed by atoms with Crippen molar-refractivity contribution in [3.05, 3.63) is 18.2 Å². The van der Waals surface area contributed by atoms with E-state index in [1.54, 1.807) is 0 Å². The molecule has 1 aliphatic rings. The molecule has 0 spiro atoms. The molecule has 20 heavy (non-hydrogen) atoms. The van der Waals surface area contributed by atoms with E-state index in [0.717, 1.165) is 18.9 Å². The van der Waals surface area contributed by atoms with Crippen molar-refractivity contribution >= 4 is 17.8 Å². The van der Waals surface area contributed by atoms with Gasteiger partial charge >= 0.3 is 0 Å². The zero-order chi connectivity index (χ0) is 14.1. The van der Waals surface area contributed by atoms with Crippen LogP contribution in [0.5, 0.6) is 0 Å². The highest BCUT2D eigenvalue weighted by Gasteiger charge is 2.20. The molecule has 106 valence electrons. The summed E-state index contributed by atoms with van der Waals surface area (Å²) >= 11 is 0. The summed E-state index contributed by atoms with van der Waals surface area (Å²) in [4.78, 5) is 21.6. The van der Waals surface area contributed by atoms with Crippen LogP contribution in [0.2, 0.25) is 0 Å². The first kappa shape index (κ1) is 12.6. The van der Waals surface area contributed by atoms with Crippen LogP contribution in [0.4, 0.5) is 17.8 Å². The van der Waals surface area contributed by atoms with Crippen LogP contribution in [0.3, 0.4) is 0 Å². The Hall–Kier alpha value is -2.38. The predicted octanol–water partition coefficient (Wildman–Crippen LogP) is 0.196. The van der Waals surface area contributed by atoms with Crippen molar-refractivity contribution in [1.82, 2.24) is 24.5 Å². The molecule has 0 atom stereocenters. The topological polar surface area (TPSA) is 75.0 Å². The van der Waals surface area contributed by atoms with Crippen molar-refractivity contribution in [2.45, 2.75) is 13.1 Å². The summed E-state index contributed by atoms with van der Waals surface area (Å²) in [5, 5.41) is 2.98. The predicted molar refractivity (Wildman–Crippen MR) is 77.0 cm³/mol. The molecule has 3 rings (SSSR count). The average molecular weight is 274 g/mol. The number of nitrogens with zero attached hydrogens (tertiary/aromatic N) is 7. The van der Waals surface area contributed by atoms with Crippen LogP contribution < -0.4 is 15.1 Å². The Balaban J connectivity index is 1.92. The highest BCUT2D eigenvalue weighted by molar-refractivity contribution is 5.44. The van der Waals surface area contributed by atoms with Crippen molar-refractivity contribution in [3.8, 4) is 0 Å². The van der Waals surface area contributed by atoms with E-state index in [9.17, 15) is 0 Å². The molecule has 0 unspecified atom stereocenters. The van der Waals surface area contributed by atoms with Gasteiger partial charge in [0.2, 0.25) is 17.8 Å². The lowest BCUT2D eigenvalue weighted by atomic mass is 10.4. The van der Waals surface area contributed by atoms with Crippen molar-refractivity contribution in [2.24, 2.45) is 0 Å². The quantitative estimate of drug-likeness (QED) is 0.856. The van der Waals surface area contributed by atoms with Crippen LogP contribution in [0.1, 0.15) is 5.82 Å². The lowest BCUT2D eigenvalue weighted by molar-refractivity contribution is 0.551. The minimum absolute atomic E-state index is 0.576. The third kappa shape index (κ3) is 2.24. The Bertz CT molecular complexity index is 605. The largest absolute Gasteiger partial charge is 0.357 e. The smallest absolute Gasteiger partial charge is 0.232 e. The molecule has 0 aliphatic carbocycles. The zero-order valence-corrected chi connectivity index (χ0v) is 11.9. The molecule has 2 aromatic rings. The monoisotopic (exact) mass is 274 g/mol. The molecule has 0 aromatic carbocycles. The van der Waals surface area contributed by atoms with Crippen LogP contribution in [-0.2, 0) is 13.1 Å². The van der Waals surface area contributed by atoms with Crippen LogP contribution in [0.25, 0.3) is 0 Å². The molecule has 8 nitrogen and oxygen atoms in total. The third-order valence-corrected chi connectivity index (χ3v) is 3.26. The molecule has 1 N–H and O–H groups in total. The van der Waals surface area contributed by atoms with Gasteiger partial charge in [0.1, 0.15) is 5.82 Å². The van der Waals surface area contributed by atoms with Gasteiger partial charge in [0.15, 0.2) is 0 Å². The summed E-state index contributed by atoms with van der Waals surface area (Å²) in [6.07, 6.45) is 3.83. The maximum Gasteiger partial charge on any atom is 0.232 e. The standard InChI is InChI=1S/C12H18N8/c1-13-10-15-11(18(2)3)17-12(16-10)20-7-6-19-5-4-14-9(19)8-20/h4-5H,6-8H2,1-3H3,(H,13,15,16,17). The first-order chi connectivity index (χ1) is 9.67. The highest BCUT2D eigenvalue weighted by atomic mass is 15.4. The van der Waals surface area contributed by atoms with Crippen molar-refractivity contribution in [2.75, 3.05) is 42.8 Å². The fraction of sp³-hybridized carbons (Fsp3) is 0.500. The van der Waals surface area contributed by atoms with Gasteiger partial charge in [0, 0.05) is 46.6 Å². The lowest BCUT2D eigenvalue weighted by Gasteiger charge is -2.28. The number of hydrogen-bond donors (Lipinski definition) is 1. The molecule has 1 aliphatic heterocycles. The van der Waals surface area contributed by atoms with Gasteiger partial charge in [-0.05, 0) is 0 Å². The molecule has 0 amide bonds. The SMILES string of the molecule is CNc1nc(N(C)C)nc(N2CCn3ccnc3C2)n1. The van der Waals surface area contributed by atoms with Gasteiger partial charge in [-0.2, -0.15) is 15.0 Å². The van der Waals surface area contributed by atoms with E-state index in [1.165, 1.54) is 0 Å². The maximum atomic E-state index is 4.51. The first-order valence-corrected chi connectivity index (χ1v) is 6.53. The number of anilines is 3. The Labute approximate surface area is 117 Å². The second kappa shape index (κ2) is 4.95. The Morgan fingerprint density at radius 1 is 1.20 bits per heavy atom. The minimum atomic E-state index is 0.576. The molecule has 0 radical (unpaired) electrons. The van der Waals surface area contributed by atoms with E-state index < -0.39 is 0 Å². The summed E-state index contributed by atoms with van der Waals surface area (Å²) < 4.78 is 2.16. The fourth-order valence-corrected chi connectivity index (χ4v) is 2.15. The second-order valence-corrected chi connectivity index (χ2v) is 4.86. The maximum absolute atomic E-state index is 4.51. The molecule has 8 heteroatoms. The van der Waals surface area contributed by atoms with Crippen molar-refractivity contribution in [1.29, 1.82) is 0 Å². The van der Waals surface area contributed by atoms with Crippen molar-refractivity contribution < 1.29 is 0 Å². The van der Waals surface area contributed by atoms with Gasteiger partial charge in [-0.3, -0.25) is 0 Å². The van der Waals surface area contributed by atoms with Gasteiger partial charge < -0.3 is 19.7 Å². The van der Waals surface area contributed by atoms with E-state index in [1.807, 2.05) is 38.4 Å². The van der Waals surface area contributed by atoms with E-state index in [2.05, 4.69) is 34.7 Å². The molecular formula is C12H18N8. The lowest BCUT2D eigenvalue weighted by Crippen LogP contribution is -2.35. The van der Waals surface area contributed by atoms with E-state index in [-0.39, 0.29) is 0 Å². The Morgan fingerprint density at radius 2 is 2.05 bits per heavy atom. The third-order valence-electron chi connectivity index (χ3n) is 3.26. The molecule has 0 saturated heterocycles. The summed E-state index contributed by atoms with van der Waals surface area (Å²) in [5.41, 5.74) is 0. The van der Waals surface area contributed by atoms with Gasteiger partial charge in [-0.25, -0.2) is 4.98 Å². The Kier molecular flexibility index (Phi) is 3.13. The molecular weight excluding hydrogens is 256 g/mol. The van der Waals surface area contributed by atoms with Gasteiger partial charge in [0.25, 0.3) is 0 Å². The van der Waals surface area contributed by atoms with Crippen LogP contribution in [0.15, 0.2) is 12.4 Å². The van der Waals surface area contributed by atoms with E-state index in [4.69, 9.17) is 0 Å². The van der Waals surface area contributed by atoms with Gasteiger partial charge in [-0.15, -0.1) is 0 Å². The number of fused-ring (bicyclic) bond motifs is 1. The first-order valence-electron chi connectivity index (χ1n) is 6.53.